The second-order valence-electron chi connectivity index (χ2n) is 7.70. The molecule has 0 amide bonds. The molecule has 1 fully saturated rings. The molecule has 0 atom stereocenters. The van der Waals surface area contributed by atoms with E-state index >= 15 is 0 Å². The molecular formula is C24H21N7OS. The van der Waals surface area contributed by atoms with E-state index in [1.165, 1.54) is 10.1 Å². The molecule has 1 aliphatic rings. The number of ether oxygens (including phenoxy) is 1. The summed E-state index contributed by atoms with van der Waals surface area (Å²) in [6.07, 6.45) is 7.32. The van der Waals surface area contributed by atoms with Gasteiger partial charge in [0, 0.05) is 58.1 Å². The normalized spacial score (nSPS) is 14.5. The van der Waals surface area contributed by atoms with Gasteiger partial charge < -0.3 is 9.64 Å². The lowest BCUT2D eigenvalue weighted by atomic mass is 10.2. The van der Waals surface area contributed by atoms with E-state index in [0.717, 1.165) is 41.2 Å². The van der Waals surface area contributed by atoms with Crippen molar-refractivity contribution in [3.05, 3.63) is 72.0 Å². The number of nitrogens with one attached hydrogen (secondary N) is 1. The summed E-state index contributed by atoms with van der Waals surface area (Å²) in [5, 5.41) is 12.5. The Morgan fingerprint density at radius 2 is 1.94 bits per heavy atom. The van der Waals surface area contributed by atoms with Gasteiger partial charge in [0.05, 0.1) is 37.0 Å². The Bertz CT molecular complexity index is 1440. The molecule has 0 radical (unpaired) electrons. The van der Waals surface area contributed by atoms with Gasteiger partial charge in [0.1, 0.15) is 0 Å². The first-order valence-corrected chi connectivity index (χ1v) is 11.6. The van der Waals surface area contributed by atoms with Crippen molar-refractivity contribution in [1.29, 1.82) is 0 Å². The molecule has 4 aromatic heterocycles. The van der Waals surface area contributed by atoms with Gasteiger partial charge in [-0.05, 0) is 18.2 Å². The standard InChI is InChI=1S/C24H21N7OS/c1-2-4-22-19(3-1)18(16-33-22)14-26-28-23-13-21(30-9-11-32-12-10-30)24-27-20(15-31(24)29-23)17-5-7-25-8-6-17/h1-8,13-16H,9-12H2,(H,28,29). The number of nitrogens with zero attached hydrogens (tertiary/aromatic N) is 6. The van der Waals surface area contributed by atoms with Crippen LogP contribution in [-0.4, -0.2) is 52.1 Å². The fourth-order valence-electron chi connectivity index (χ4n) is 3.98. The van der Waals surface area contributed by atoms with E-state index < -0.39 is 0 Å². The maximum absolute atomic E-state index is 5.55. The second kappa shape index (κ2) is 8.61. The topological polar surface area (TPSA) is 79.9 Å². The number of anilines is 2. The molecule has 8 nitrogen and oxygen atoms in total. The Morgan fingerprint density at radius 1 is 1.09 bits per heavy atom. The highest BCUT2D eigenvalue weighted by atomic mass is 32.1. The number of pyridine rings is 1. The number of imidazole rings is 1. The van der Waals surface area contributed by atoms with Gasteiger partial charge >= 0.3 is 0 Å². The number of hydrogen-bond acceptors (Lipinski definition) is 8. The maximum Gasteiger partial charge on any atom is 0.177 e. The molecule has 9 heteroatoms. The number of benzene rings is 1. The number of morpholine rings is 1. The second-order valence-corrected chi connectivity index (χ2v) is 8.61. The van der Waals surface area contributed by atoms with Gasteiger partial charge in [0.15, 0.2) is 11.5 Å². The molecule has 0 spiro atoms. The van der Waals surface area contributed by atoms with E-state index in [4.69, 9.17) is 14.8 Å². The molecule has 164 valence electrons. The highest BCUT2D eigenvalue weighted by molar-refractivity contribution is 7.17. The highest BCUT2D eigenvalue weighted by Crippen LogP contribution is 2.28. The van der Waals surface area contributed by atoms with E-state index in [-0.39, 0.29) is 0 Å². The summed E-state index contributed by atoms with van der Waals surface area (Å²) in [7, 11) is 0. The number of hydrazone groups is 1. The highest BCUT2D eigenvalue weighted by Gasteiger charge is 2.18. The first-order valence-electron chi connectivity index (χ1n) is 10.7. The lowest BCUT2D eigenvalue weighted by molar-refractivity contribution is 0.123. The van der Waals surface area contributed by atoms with Gasteiger partial charge in [-0.3, -0.25) is 10.4 Å². The Labute approximate surface area is 194 Å². The number of rotatable bonds is 5. The Kier molecular flexibility index (Phi) is 5.17. The van der Waals surface area contributed by atoms with Crippen molar-refractivity contribution in [2.45, 2.75) is 0 Å². The van der Waals surface area contributed by atoms with Crippen molar-refractivity contribution in [2.75, 3.05) is 36.6 Å². The van der Waals surface area contributed by atoms with Crippen molar-refractivity contribution in [2.24, 2.45) is 5.10 Å². The summed E-state index contributed by atoms with van der Waals surface area (Å²) in [4.78, 5) is 11.3. The third-order valence-corrected chi connectivity index (χ3v) is 6.61. The number of aromatic nitrogens is 4. The van der Waals surface area contributed by atoms with Crippen molar-refractivity contribution in [3.8, 4) is 11.3 Å². The fourth-order valence-corrected chi connectivity index (χ4v) is 4.89. The van der Waals surface area contributed by atoms with Gasteiger partial charge in [-0.25, -0.2) is 9.50 Å². The van der Waals surface area contributed by atoms with Crippen molar-refractivity contribution < 1.29 is 4.74 Å². The molecule has 0 bridgehead atoms. The Balaban J connectivity index is 1.36. The first-order chi connectivity index (χ1) is 16.3. The molecule has 33 heavy (non-hydrogen) atoms. The summed E-state index contributed by atoms with van der Waals surface area (Å²) >= 11 is 1.71. The van der Waals surface area contributed by atoms with Crippen LogP contribution >= 0.6 is 11.3 Å². The zero-order chi connectivity index (χ0) is 22.0. The van der Waals surface area contributed by atoms with Crippen molar-refractivity contribution in [3.63, 3.8) is 0 Å². The van der Waals surface area contributed by atoms with Gasteiger partial charge in [-0.15, -0.1) is 16.4 Å². The van der Waals surface area contributed by atoms with Gasteiger partial charge in [0.25, 0.3) is 0 Å². The zero-order valence-electron chi connectivity index (χ0n) is 17.8. The predicted molar refractivity (Wildman–Crippen MR) is 132 cm³/mol. The Morgan fingerprint density at radius 3 is 2.82 bits per heavy atom. The average molecular weight is 456 g/mol. The van der Waals surface area contributed by atoms with Crippen LogP contribution in [0.15, 0.2) is 71.5 Å². The monoisotopic (exact) mass is 455 g/mol. The quantitative estimate of drug-likeness (QED) is 0.315. The van der Waals surface area contributed by atoms with Gasteiger partial charge in [0.2, 0.25) is 0 Å². The molecule has 5 heterocycles. The minimum absolute atomic E-state index is 0.651. The summed E-state index contributed by atoms with van der Waals surface area (Å²) in [5.41, 5.74) is 7.86. The Hall–Kier alpha value is -3.82. The minimum atomic E-state index is 0.651. The summed E-state index contributed by atoms with van der Waals surface area (Å²) in [6.45, 7) is 3.00. The van der Waals surface area contributed by atoms with E-state index in [2.05, 4.69) is 44.0 Å². The van der Waals surface area contributed by atoms with Crippen LogP contribution in [-0.2, 0) is 4.74 Å². The van der Waals surface area contributed by atoms with E-state index in [0.29, 0.717) is 19.0 Å². The molecule has 0 aliphatic carbocycles. The third kappa shape index (κ3) is 3.92. The molecule has 6 rings (SSSR count). The fraction of sp³-hybridized carbons (Fsp3) is 0.167. The molecular weight excluding hydrogens is 434 g/mol. The van der Waals surface area contributed by atoms with Gasteiger partial charge in [-0.2, -0.15) is 5.10 Å². The van der Waals surface area contributed by atoms with E-state index in [9.17, 15) is 0 Å². The van der Waals surface area contributed by atoms with Crippen LogP contribution in [0, 0.1) is 0 Å². The molecule has 0 saturated carbocycles. The SMILES string of the molecule is C(=NNc1cc(N2CCOCC2)c2nc(-c3ccncc3)cn2n1)c1csc2ccccc12. The number of hydrogen-bond donors (Lipinski definition) is 1. The van der Waals surface area contributed by atoms with Gasteiger partial charge in [-0.1, -0.05) is 18.2 Å². The van der Waals surface area contributed by atoms with Crippen LogP contribution in [0.2, 0.25) is 0 Å². The van der Waals surface area contributed by atoms with Crippen LogP contribution in [0.1, 0.15) is 5.56 Å². The molecule has 1 saturated heterocycles. The van der Waals surface area contributed by atoms with Crippen molar-refractivity contribution in [1.82, 2.24) is 19.6 Å². The largest absolute Gasteiger partial charge is 0.378 e. The lowest BCUT2D eigenvalue weighted by Gasteiger charge is -2.29. The molecule has 5 aromatic rings. The number of thiophene rings is 1. The minimum Gasteiger partial charge on any atom is -0.378 e. The van der Waals surface area contributed by atoms with E-state index in [1.807, 2.05) is 41.2 Å². The maximum atomic E-state index is 5.55. The summed E-state index contributed by atoms with van der Waals surface area (Å²) < 4.78 is 8.61. The lowest BCUT2D eigenvalue weighted by Crippen LogP contribution is -2.36. The van der Waals surface area contributed by atoms with Crippen LogP contribution in [0.25, 0.3) is 27.0 Å². The summed E-state index contributed by atoms with van der Waals surface area (Å²) in [6, 6.07) is 14.2. The first kappa shape index (κ1) is 19.8. The van der Waals surface area contributed by atoms with Crippen LogP contribution in [0.3, 0.4) is 0 Å². The number of fused-ring (bicyclic) bond motifs is 2. The predicted octanol–water partition coefficient (Wildman–Crippen LogP) is 4.29. The average Bonchev–Trinajstić information content (AvgIpc) is 3.49. The zero-order valence-corrected chi connectivity index (χ0v) is 18.6. The smallest absolute Gasteiger partial charge is 0.177 e. The molecule has 1 aromatic carbocycles. The molecule has 1 aliphatic heterocycles. The van der Waals surface area contributed by atoms with Crippen LogP contribution in [0.4, 0.5) is 11.5 Å². The molecule has 1 N–H and O–H groups in total. The van der Waals surface area contributed by atoms with Crippen LogP contribution < -0.4 is 10.3 Å². The van der Waals surface area contributed by atoms with E-state index in [1.54, 1.807) is 23.7 Å². The molecule has 0 unspecified atom stereocenters. The summed E-state index contributed by atoms with van der Waals surface area (Å²) in [5.74, 6) is 0.651. The van der Waals surface area contributed by atoms with Crippen molar-refractivity contribution >= 4 is 44.8 Å². The van der Waals surface area contributed by atoms with Crippen LogP contribution in [0.5, 0.6) is 0 Å². The third-order valence-electron chi connectivity index (χ3n) is 5.63.